The Morgan fingerprint density at radius 3 is 2.05 bits per heavy atom. The molecule has 3 nitrogen and oxygen atoms in total. The third-order valence-electron chi connectivity index (χ3n) is 4.84. The molecule has 1 aromatic carbocycles. The van der Waals surface area contributed by atoms with Crippen LogP contribution >= 0.6 is 0 Å². The summed E-state index contributed by atoms with van der Waals surface area (Å²) in [6.45, 7) is 14.2. The third kappa shape index (κ3) is 4.02. The highest BCUT2D eigenvalue weighted by Gasteiger charge is 2.44. The van der Waals surface area contributed by atoms with Gasteiger partial charge in [0.15, 0.2) is 0 Å². The maximum Gasteiger partial charge on any atom is 0.119 e. The van der Waals surface area contributed by atoms with Crippen molar-refractivity contribution in [1.82, 2.24) is 4.90 Å². The molecule has 0 saturated carbocycles. The predicted molar refractivity (Wildman–Crippen MR) is 91.5 cm³/mol. The van der Waals surface area contributed by atoms with Gasteiger partial charge in [-0.2, -0.15) is 0 Å². The van der Waals surface area contributed by atoms with E-state index in [9.17, 15) is 5.11 Å². The topological polar surface area (TPSA) is 32.7 Å². The first-order valence-corrected chi connectivity index (χ1v) is 8.27. The highest BCUT2D eigenvalue weighted by atomic mass is 16.5. The van der Waals surface area contributed by atoms with Crippen molar-refractivity contribution >= 4 is 0 Å². The van der Waals surface area contributed by atoms with Crippen molar-refractivity contribution < 1.29 is 9.84 Å². The second-order valence-electron chi connectivity index (χ2n) is 8.02. The zero-order chi connectivity index (χ0) is 16.5. The first kappa shape index (κ1) is 17.3. The molecular formula is C19H31NO2. The molecule has 3 heteroatoms. The van der Waals surface area contributed by atoms with E-state index in [0.29, 0.717) is 13.2 Å². The number of aliphatic hydroxyl groups is 1. The standard InChI is InChI=1S/C19H31NO2/c1-14-9-15(2)11-17(10-14)22-13-16(21)12-20-18(3,4)7-8-19(20,5)6/h9-11,16,21H,7-8,12-13H2,1-6H3. The largest absolute Gasteiger partial charge is 0.491 e. The second-order valence-corrected chi connectivity index (χ2v) is 8.02. The summed E-state index contributed by atoms with van der Waals surface area (Å²) in [7, 11) is 0. The normalized spacial score (nSPS) is 21.8. The fourth-order valence-electron chi connectivity index (χ4n) is 3.67. The van der Waals surface area contributed by atoms with E-state index in [4.69, 9.17) is 4.74 Å². The Morgan fingerprint density at radius 1 is 1.05 bits per heavy atom. The number of aryl methyl sites for hydroxylation is 2. The van der Waals surface area contributed by atoms with E-state index in [2.05, 4.69) is 52.5 Å². The van der Waals surface area contributed by atoms with E-state index in [1.54, 1.807) is 0 Å². The van der Waals surface area contributed by atoms with Crippen LogP contribution < -0.4 is 4.74 Å². The smallest absolute Gasteiger partial charge is 0.119 e. The van der Waals surface area contributed by atoms with Gasteiger partial charge in [0.1, 0.15) is 18.5 Å². The lowest BCUT2D eigenvalue weighted by molar-refractivity contribution is 0.00530. The molecule has 0 amide bonds. The highest BCUT2D eigenvalue weighted by Crippen LogP contribution is 2.40. The van der Waals surface area contributed by atoms with Gasteiger partial charge in [-0.25, -0.2) is 0 Å². The van der Waals surface area contributed by atoms with Crippen LogP contribution in [0.1, 0.15) is 51.7 Å². The maximum atomic E-state index is 10.4. The lowest BCUT2D eigenvalue weighted by Crippen LogP contribution is -2.52. The molecule has 22 heavy (non-hydrogen) atoms. The Morgan fingerprint density at radius 2 is 1.55 bits per heavy atom. The molecule has 1 aromatic rings. The second kappa shape index (κ2) is 6.21. The molecule has 1 aliphatic rings. The van der Waals surface area contributed by atoms with Gasteiger partial charge in [-0.15, -0.1) is 0 Å². The molecule has 1 fully saturated rings. The summed E-state index contributed by atoms with van der Waals surface area (Å²) in [6, 6.07) is 6.16. The quantitative estimate of drug-likeness (QED) is 0.900. The van der Waals surface area contributed by atoms with Gasteiger partial charge in [-0.1, -0.05) is 6.07 Å². The number of benzene rings is 1. The number of rotatable bonds is 5. The van der Waals surface area contributed by atoms with E-state index >= 15 is 0 Å². The predicted octanol–water partition coefficient (Wildman–Crippen LogP) is 3.70. The molecule has 0 aliphatic carbocycles. The minimum Gasteiger partial charge on any atom is -0.491 e. The van der Waals surface area contributed by atoms with Gasteiger partial charge in [0.25, 0.3) is 0 Å². The number of likely N-dealkylation sites (tertiary alicyclic amines) is 1. The summed E-state index contributed by atoms with van der Waals surface area (Å²) < 4.78 is 5.80. The molecule has 1 N–H and O–H groups in total. The monoisotopic (exact) mass is 305 g/mol. The summed E-state index contributed by atoms with van der Waals surface area (Å²) in [5.41, 5.74) is 2.66. The van der Waals surface area contributed by atoms with E-state index in [1.165, 1.54) is 24.0 Å². The van der Waals surface area contributed by atoms with Gasteiger partial charge >= 0.3 is 0 Å². The van der Waals surface area contributed by atoms with Crippen LogP contribution in [0.5, 0.6) is 5.75 Å². The molecule has 124 valence electrons. The van der Waals surface area contributed by atoms with Crippen LogP contribution in [-0.4, -0.2) is 40.3 Å². The average Bonchev–Trinajstić information content (AvgIpc) is 2.58. The zero-order valence-corrected chi connectivity index (χ0v) is 14.9. The van der Waals surface area contributed by atoms with E-state index in [1.807, 2.05) is 12.1 Å². The lowest BCUT2D eigenvalue weighted by atomic mass is 10.0. The molecule has 1 saturated heterocycles. The van der Waals surface area contributed by atoms with E-state index < -0.39 is 6.10 Å². The number of ether oxygens (including phenoxy) is 1. The van der Waals surface area contributed by atoms with Gasteiger partial charge in [0.2, 0.25) is 0 Å². The van der Waals surface area contributed by atoms with Crippen LogP contribution in [0, 0.1) is 13.8 Å². The van der Waals surface area contributed by atoms with Gasteiger partial charge in [-0.05, 0) is 77.6 Å². The maximum absolute atomic E-state index is 10.4. The average molecular weight is 305 g/mol. The van der Waals surface area contributed by atoms with Crippen LogP contribution in [0.2, 0.25) is 0 Å². The van der Waals surface area contributed by atoms with Crippen molar-refractivity contribution in [3.63, 3.8) is 0 Å². The van der Waals surface area contributed by atoms with E-state index in [-0.39, 0.29) is 11.1 Å². The molecule has 0 radical (unpaired) electrons. The first-order chi connectivity index (χ1) is 10.1. The Bertz CT molecular complexity index is 486. The van der Waals surface area contributed by atoms with Gasteiger partial charge < -0.3 is 9.84 Å². The number of aliphatic hydroxyl groups excluding tert-OH is 1. The highest BCUT2D eigenvalue weighted by molar-refractivity contribution is 5.33. The van der Waals surface area contributed by atoms with Crippen molar-refractivity contribution in [2.75, 3.05) is 13.2 Å². The molecule has 0 aromatic heterocycles. The van der Waals surface area contributed by atoms with Crippen LogP contribution in [0.4, 0.5) is 0 Å². The SMILES string of the molecule is Cc1cc(C)cc(OCC(O)CN2C(C)(C)CCC2(C)C)c1. The summed E-state index contributed by atoms with van der Waals surface area (Å²) in [4.78, 5) is 2.43. The lowest BCUT2D eigenvalue weighted by Gasteiger charge is -2.41. The molecule has 0 spiro atoms. The molecule has 1 atom stereocenters. The minimum atomic E-state index is -0.475. The molecule has 1 heterocycles. The summed E-state index contributed by atoms with van der Waals surface area (Å²) in [6.07, 6.45) is 1.87. The fraction of sp³-hybridized carbons (Fsp3) is 0.684. The summed E-state index contributed by atoms with van der Waals surface area (Å²) >= 11 is 0. The Kier molecular flexibility index (Phi) is 4.88. The summed E-state index contributed by atoms with van der Waals surface area (Å²) in [5.74, 6) is 0.844. The van der Waals surface area contributed by atoms with Gasteiger partial charge in [-0.3, -0.25) is 4.90 Å². The van der Waals surface area contributed by atoms with Crippen molar-refractivity contribution in [2.24, 2.45) is 0 Å². The van der Waals surface area contributed by atoms with E-state index in [0.717, 1.165) is 5.75 Å². The Balaban J connectivity index is 1.94. The van der Waals surface area contributed by atoms with Crippen LogP contribution in [0.15, 0.2) is 18.2 Å². The molecule has 1 unspecified atom stereocenters. The minimum absolute atomic E-state index is 0.143. The molecular weight excluding hydrogens is 274 g/mol. The third-order valence-corrected chi connectivity index (χ3v) is 4.84. The number of hydrogen-bond acceptors (Lipinski definition) is 3. The Labute approximate surface area is 135 Å². The van der Waals surface area contributed by atoms with Crippen molar-refractivity contribution in [1.29, 1.82) is 0 Å². The number of nitrogens with zero attached hydrogens (tertiary/aromatic N) is 1. The van der Waals surface area contributed by atoms with Crippen LogP contribution in [-0.2, 0) is 0 Å². The van der Waals surface area contributed by atoms with Crippen molar-refractivity contribution in [3.8, 4) is 5.75 Å². The van der Waals surface area contributed by atoms with Gasteiger partial charge in [0, 0.05) is 17.6 Å². The Hall–Kier alpha value is -1.06. The summed E-state index contributed by atoms with van der Waals surface area (Å²) in [5, 5.41) is 10.4. The van der Waals surface area contributed by atoms with Crippen LogP contribution in [0.3, 0.4) is 0 Å². The van der Waals surface area contributed by atoms with Crippen molar-refractivity contribution in [2.45, 2.75) is 71.6 Å². The number of β-amino-alcohol motifs (C(OH)–C–C–N with tert-alkyl or cyclic N) is 1. The fourth-order valence-corrected chi connectivity index (χ4v) is 3.67. The first-order valence-electron chi connectivity index (χ1n) is 8.27. The molecule has 0 bridgehead atoms. The molecule has 2 rings (SSSR count). The van der Waals surface area contributed by atoms with Crippen molar-refractivity contribution in [3.05, 3.63) is 29.3 Å². The number of hydrogen-bond donors (Lipinski definition) is 1. The van der Waals surface area contributed by atoms with Gasteiger partial charge in [0.05, 0.1) is 0 Å². The zero-order valence-electron chi connectivity index (χ0n) is 14.9. The van der Waals surface area contributed by atoms with Crippen LogP contribution in [0.25, 0.3) is 0 Å². The molecule has 1 aliphatic heterocycles.